The molecule has 1 N–H and O–H groups in total. The van der Waals surface area contributed by atoms with E-state index in [9.17, 15) is 0 Å². The molecule has 1 aliphatic heterocycles. The first-order chi connectivity index (χ1) is 8.26. The molecule has 0 amide bonds. The summed E-state index contributed by atoms with van der Waals surface area (Å²) in [7, 11) is 0. The molecule has 0 bridgehead atoms. The van der Waals surface area contributed by atoms with Crippen LogP contribution in [0.1, 0.15) is 45.4 Å². The van der Waals surface area contributed by atoms with Crippen LogP contribution >= 0.6 is 11.6 Å². The number of hydrogen-bond donors (Lipinski definition) is 1. The van der Waals surface area contributed by atoms with Crippen molar-refractivity contribution in [2.75, 3.05) is 19.6 Å². The van der Waals surface area contributed by atoms with Crippen LogP contribution < -0.4 is 5.32 Å². The molecule has 17 heavy (non-hydrogen) atoms. The highest BCUT2D eigenvalue weighted by Gasteiger charge is 2.36. The molecule has 1 saturated heterocycles. The highest BCUT2D eigenvalue weighted by atomic mass is 35.5. The SMILES string of the molecule is CC1CCNC2(CCCCC2)CN1C/C=C/Cl. The first-order valence-corrected chi connectivity index (χ1v) is 7.44. The van der Waals surface area contributed by atoms with Gasteiger partial charge in [-0.05, 0) is 32.7 Å². The minimum absolute atomic E-state index is 0.392. The molecule has 98 valence electrons. The molecule has 1 spiro atoms. The van der Waals surface area contributed by atoms with Gasteiger partial charge in [0.15, 0.2) is 0 Å². The summed E-state index contributed by atoms with van der Waals surface area (Å²) in [4.78, 5) is 2.59. The van der Waals surface area contributed by atoms with Crippen molar-refractivity contribution in [1.82, 2.24) is 10.2 Å². The zero-order valence-electron chi connectivity index (χ0n) is 10.9. The molecule has 1 aliphatic carbocycles. The van der Waals surface area contributed by atoms with Crippen LogP contribution in [0.4, 0.5) is 0 Å². The van der Waals surface area contributed by atoms with Crippen molar-refractivity contribution in [3.05, 3.63) is 11.6 Å². The molecule has 1 unspecified atom stereocenters. The summed E-state index contributed by atoms with van der Waals surface area (Å²) in [6.07, 6.45) is 10.2. The van der Waals surface area contributed by atoms with E-state index in [0.29, 0.717) is 11.6 Å². The zero-order chi connectivity index (χ0) is 12.1. The lowest BCUT2D eigenvalue weighted by Crippen LogP contribution is -2.53. The van der Waals surface area contributed by atoms with Crippen LogP contribution in [-0.4, -0.2) is 36.1 Å². The monoisotopic (exact) mass is 256 g/mol. The first kappa shape index (κ1) is 13.4. The van der Waals surface area contributed by atoms with Gasteiger partial charge in [-0.3, -0.25) is 4.90 Å². The number of halogens is 1. The van der Waals surface area contributed by atoms with Crippen LogP contribution in [0.3, 0.4) is 0 Å². The third kappa shape index (κ3) is 3.46. The summed E-state index contributed by atoms with van der Waals surface area (Å²) in [5.41, 5.74) is 2.04. The zero-order valence-corrected chi connectivity index (χ0v) is 11.7. The predicted molar refractivity (Wildman–Crippen MR) is 74.5 cm³/mol. The molecule has 2 nitrogen and oxygen atoms in total. The molecule has 0 aromatic rings. The topological polar surface area (TPSA) is 15.3 Å². The molecule has 1 heterocycles. The van der Waals surface area contributed by atoms with E-state index in [1.165, 1.54) is 51.6 Å². The van der Waals surface area contributed by atoms with Gasteiger partial charge in [-0.15, -0.1) is 0 Å². The van der Waals surface area contributed by atoms with Gasteiger partial charge in [0.05, 0.1) is 0 Å². The second-order valence-electron chi connectivity index (χ2n) is 5.70. The van der Waals surface area contributed by atoms with E-state index in [4.69, 9.17) is 11.6 Å². The highest BCUT2D eigenvalue weighted by molar-refractivity contribution is 6.25. The van der Waals surface area contributed by atoms with Crippen LogP contribution in [0.15, 0.2) is 11.6 Å². The second kappa shape index (κ2) is 6.21. The van der Waals surface area contributed by atoms with Gasteiger partial charge in [0.25, 0.3) is 0 Å². The van der Waals surface area contributed by atoms with E-state index >= 15 is 0 Å². The molecule has 2 rings (SSSR count). The van der Waals surface area contributed by atoms with Crippen molar-refractivity contribution in [3.63, 3.8) is 0 Å². The van der Waals surface area contributed by atoms with E-state index in [0.717, 1.165) is 6.54 Å². The lowest BCUT2D eigenvalue weighted by Gasteiger charge is -2.40. The molecule has 2 fully saturated rings. The number of nitrogens with zero attached hydrogens (tertiary/aromatic N) is 1. The number of hydrogen-bond acceptors (Lipinski definition) is 2. The lowest BCUT2D eigenvalue weighted by molar-refractivity contribution is 0.149. The molecule has 1 atom stereocenters. The first-order valence-electron chi connectivity index (χ1n) is 7.00. The van der Waals surface area contributed by atoms with Gasteiger partial charge in [0.2, 0.25) is 0 Å². The predicted octanol–water partition coefficient (Wildman–Crippen LogP) is 3.13. The minimum Gasteiger partial charge on any atom is -0.310 e. The van der Waals surface area contributed by atoms with E-state index in [2.05, 4.69) is 23.2 Å². The summed E-state index contributed by atoms with van der Waals surface area (Å²) in [5, 5.41) is 3.84. The average Bonchev–Trinajstić information content (AvgIpc) is 2.48. The van der Waals surface area contributed by atoms with Crippen molar-refractivity contribution in [3.8, 4) is 0 Å². The normalized spacial score (nSPS) is 30.8. The standard InChI is InChI=1S/C14H25ClN2/c1-13-6-10-16-14(7-3-2-4-8-14)12-17(13)11-5-9-15/h5,9,13,16H,2-4,6-8,10-12H2,1H3/b9-5+. The van der Waals surface area contributed by atoms with Crippen molar-refractivity contribution in [1.29, 1.82) is 0 Å². The van der Waals surface area contributed by atoms with Crippen LogP contribution in [0, 0.1) is 0 Å². The Bertz CT molecular complexity index is 259. The van der Waals surface area contributed by atoms with E-state index < -0.39 is 0 Å². The number of nitrogens with one attached hydrogen (secondary N) is 1. The Morgan fingerprint density at radius 3 is 2.82 bits per heavy atom. The van der Waals surface area contributed by atoms with Crippen LogP contribution in [-0.2, 0) is 0 Å². The molecule has 0 radical (unpaired) electrons. The van der Waals surface area contributed by atoms with Gasteiger partial charge in [-0.2, -0.15) is 0 Å². The second-order valence-corrected chi connectivity index (χ2v) is 5.95. The fraction of sp³-hybridized carbons (Fsp3) is 0.857. The summed E-state index contributed by atoms with van der Waals surface area (Å²) in [6, 6.07) is 0.664. The molecular formula is C14H25ClN2. The minimum atomic E-state index is 0.392. The average molecular weight is 257 g/mol. The maximum atomic E-state index is 5.66. The van der Waals surface area contributed by atoms with Gasteiger partial charge in [0, 0.05) is 30.2 Å². The van der Waals surface area contributed by atoms with E-state index in [1.54, 1.807) is 5.54 Å². The van der Waals surface area contributed by atoms with Crippen molar-refractivity contribution in [2.45, 2.75) is 57.0 Å². The third-order valence-electron chi connectivity index (χ3n) is 4.43. The van der Waals surface area contributed by atoms with Crippen molar-refractivity contribution >= 4 is 11.6 Å². The van der Waals surface area contributed by atoms with E-state index in [1.807, 2.05) is 0 Å². The Balaban J connectivity index is 2.03. The smallest absolute Gasteiger partial charge is 0.0309 e. The Labute approximate surface area is 110 Å². The Morgan fingerprint density at radius 1 is 1.35 bits per heavy atom. The summed E-state index contributed by atoms with van der Waals surface area (Å²) >= 11 is 5.66. The quantitative estimate of drug-likeness (QED) is 0.817. The summed E-state index contributed by atoms with van der Waals surface area (Å²) in [5.74, 6) is 0. The highest BCUT2D eigenvalue weighted by Crippen LogP contribution is 2.31. The van der Waals surface area contributed by atoms with Crippen LogP contribution in [0.5, 0.6) is 0 Å². The maximum absolute atomic E-state index is 5.66. The Morgan fingerprint density at radius 2 is 2.12 bits per heavy atom. The van der Waals surface area contributed by atoms with Crippen LogP contribution in [0.2, 0.25) is 0 Å². The van der Waals surface area contributed by atoms with Gasteiger partial charge in [-0.1, -0.05) is 36.9 Å². The van der Waals surface area contributed by atoms with Gasteiger partial charge < -0.3 is 5.32 Å². The summed E-state index contributed by atoms with van der Waals surface area (Å²) in [6.45, 7) is 5.69. The Kier molecular flexibility index (Phi) is 4.89. The van der Waals surface area contributed by atoms with Gasteiger partial charge >= 0.3 is 0 Å². The Hall–Kier alpha value is -0.0500. The molecule has 0 aromatic heterocycles. The van der Waals surface area contributed by atoms with Gasteiger partial charge in [-0.25, -0.2) is 0 Å². The van der Waals surface area contributed by atoms with Gasteiger partial charge in [0.1, 0.15) is 0 Å². The lowest BCUT2D eigenvalue weighted by atomic mass is 9.81. The fourth-order valence-corrected chi connectivity index (χ4v) is 3.39. The maximum Gasteiger partial charge on any atom is 0.0309 e. The van der Waals surface area contributed by atoms with Crippen LogP contribution in [0.25, 0.3) is 0 Å². The molecular weight excluding hydrogens is 232 g/mol. The number of rotatable bonds is 2. The van der Waals surface area contributed by atoms with Crippen molar-refractivity contribution < 1.29 is 0 Å². The molecule has 3 heteroatoms. The van der Waals surface area contributed by atoms with Crippen molar-refractivity contribution in [2.24, 2.45) is 0 Å². The third-order valence-corrected chi connectivity index (χ3v) is 4.61. The molecule has 1 saturated carbocycles. The largest absolute Gasteiger partial charge is 0.310 e. The van der Waals surface area contributed by atoms with E-state index in [-0.39, 0.29) is 0 Å². The fourth-order valence-electron chi connectivity index (χ4n) is 3.31. The summed E-state index contributed by atoms with van der Waals surface area (Å²) < 4.78 is 0. The molecule has 0 aromatic carbocycles. The molecule has 2 aliphatic rings.